The van der Waals surface area contributed by atoms with Crippen molar-refractivity contribution in [3.8, 4) is 0 Å². The third-order valence-electron chi connectivity index (χ3n) is 3.15. The van der Waals surface area contributed by atoms with Gasteiger partial charge in [0.05, 0.1) is 6.54 Å². The normalized spacial score (nSPS) is 15.9. The van der Waals surface area contributed by atoms with Crippen molar-refractivity contribution in [1.29, 1.82) is 0 Å². The molecule has 0 bridgehead atoms. The number of rotatable bonds is 3. The molecule has 0 saturated carbocycles. The maximum absolute atomic E-state index is 12.8. The lowest BCUT2D eigenvalue weighted by Crippen LogP contribution is -2.50. The Kier molecular flexibility index (Phi) is 4.15. The highest BCUT2D eigenvalue weighted by Crippen LogP contribution is 2.16. The smallest absolute Gasteiger partial charge is 0.236 e. The molecule has 1 aromatic rings. The molecule has 5 heteroatoms. The Labute approximate surface area is 106 Å². The van der Waals surface area contributed by atoms with Gasteiger partial charge in [-0.05, 0) is 31.3 Å². The summed E-state index contributed by atoms with van der Waals surface area (Å²) >= 11 is 0. The van der Waals surface area contributed by atoms with E-state index in [9.17, 15) is 9.18 Å². The van der Waals surface area contributed by atoms with E-state index in [0.29, 0.717) is 6.54 Å². The fourth-order valence-electron chi connectivity index (χ4n) is 2.13. The van der Waals surface area contributed by atoms with Crippen LogP contribution in [0.5, 0.6) is 0 Å². The van der Waals surface area contributed by atoms with Crippen LogP contribution >= 0.6 is 0 Å². The monoisotopic (exact) mass is 251 g/mol. The van der Waals surface area contributed by atoms with Crippen LogP contribution in [0.15, 0.2) is 24.3 Å². The number of likely N-dealkylation sites (N-methyl/N-ethyl adjacent to an activating group) is 1. The van der Waals surface area contributed by atoms with Gasteiger partial charge in [-0.25, -0.2) is 4.39 Å². The molecule has 1 amide bonds. The van der Waals surface area contributed by atoms with Crippen LogP contribution in [0.3, 0.4) is 0 Å². The fourth-order valence-corrected chi connectivity index (χ4v) is 2.13. The molecule has 1 aliphatic rings. The number of carbonyl (C=O) groups is 1. The van der Waals surface area contributed by atoms with Crippen LogP contribution < -0.4 is 10.2 Å². The fraction of sp³-hybridized carbons (Fsp3) is 0.462. The summed E-state index contributed by atoms with van der Waals surface area (Å²) in [6.07, 6.45) is 0. The number of amides is 1. The Hall–Kier alpha value is -1.62. The predicted octanol–water partition coefficient (Wildman–Crippen LogP) is 0.694. The first-order chi connectivity index (χ1) is 8.70. The second-order valence-corrected chi connectivity index (χ2v) is 4.37. The molecule has 98 valence electrons. The second-order valence-electron chi connectivity index (χ2n) is 4.37. The van der Waals surface area contributed by atoms with E-state index < -0.39 is 0 Å². The highest BCUT2D eigenvalue weighted by atomic mass is 19.1. The minimum atomic E-state index is -0.221. The number of anilines is 1. The summed E-state index contributed by atoms with van der Waals surface area (Å²) < 4.78 is 12.8. The number of benzene rings is 1. The van der Waals surface area contributed by atoms with Crippen molar-refractivity contribution in [1.82, 2.24) is 10.2 Å². The quantitative estimate of drug-likeness (QED) is 0.858. The molecule has 0 aromatic heterocycles. The van der Waals surface area contributed by atoms with Crippen LogP contribution in [0.25, 0.3) is 0 Å². The molecule has 0 spiro atoms. The summed E-state index contributed by atoms with van der Waals surface area (Å²) in [6.45, 7) is 3.41. The number of piperazine rings is 1. The third kappa shape index (κ3) is 2.98. The molecule has 1 aromatic carbocycles. The zero-order chi connectivity index (χ0) is 13.0. The Morgan fingerprint density at radius 1 is 1.22 bits per heavy atom. The SMILES string of the molecule is CNCC(=O)N1CCN(c2ccc(F)cc2)CC1. The van der Waals surface area contributed by atoms with Crippen molar-refractivity contribution < 1.29 is 9.18 Å². The molecule has 1 fully saturated rings. The van der Waals surface area contributed by atoms with E-state index in [1.165, 1.54) is 12.1 Å². The summed E-state index contributed by atoms with van der Waals surface area (Å²) in [5.74, 6) is -0.0853. The minimum Gasteiger partial charge on any atom is -0.368 e. The number of hydrogen-bond donors (Lipinski definition) is 1. The van der Waals surface area contributed by atoms with E-state index in [4.69, 9.17) is 0 Å². The number of hydrogen-bond acceptors (Lipinski definition) is 3. The molecule has 1 aliphatic heterocycles. The second kappa shape index (κ2) is 5.82. The molecule has 0 aliphatic carbocycles. The van der Waals surface area contributed by atoms with Crippen LogP contribution in [0, 0.1) is 5.82 Å². The highest BCUT2D eigenvalue weighted by molar-refractivity contribution is 5.78. The van der Waals surface area contributed by atoms with Crippen molar-refractivity contribution in [3.63, 3.8) is 0 Å². The number of nitrogens with zero attached hydrogens (tertiary/aromatic N) is 2. The van der Waals surface area contributed by atoms with Crippen molar-refractivity contribution >= 4 is 11.6 Å². The predicted molar refractivity (Wildman–Crippen MR) is 69.1 cm³/mol. The zero-order valence-electron chi connectivity index (χ0n) is 10.5. The average Bonchev–Trinajstić information content (AvgIpc) is 2.40. The molecular formula is C13H18FN3O. The topological polar surface area (TPSA) is 35.6 Å². The molecule has 1 N–H and O–H groups in total. The number of halogens is 1. The summed E-state index contributed by atoms with van der Waals surface area (Å²) in [5.41, 5.74) is 1.01. The van der Waals surface area contributed by atoms with E-state index in [-0.39, 0.29) is 11.7 Å². The van der Waals surface area contributed by atoms with Gasteiger partial charge in [0.15, 0.2) is 0 Å². The van der Waals surface area contributed by atoms with Crippen molar-refractivity contribution in [2.45, 2.75) is 0 Å². The van der Waals surface area contributed by atoms with Crippen molar-refractivity contribution in [3.05, 3.63) is 30.1 Å². The lowest BCUT2D eigenvalue weighted by atomic mass is 10.2. The molecule has 18 heavy (non-hydrogen) atoms. The van der Waals surface area contributed by atoms with Crippen LogP contribution in [0.2, 0.25) is 0 Å². The maximum atomic E-state index is 12.8. The highest BCUT2D eigenvalue weighted by Gasteiger charge is 2.20. The summed E-state index contributed by atoms with van der Waals surface area (Å²) in [7, 11) is 1.77. The van der Waals surface area contributed by atoms with E-state index >= 15 is 0 Å². The standard InChI is InChI=1S/C13H18FN3O/c1-15-10-13(18)17-8-6-16(7-9-17)12-4-2-11(14)3-5-12/h2-5,15H,6-10H2,1H3. The average molecular weight is 251 g/mol. The van der Waals surface area contributed by atoms with E-state index in [2.05, 4.69) is 10.2 Å². The molecule has 4 nitrogen and oxygen atoms in total. The Morgan fingerprint density at radius 2 is 1.83 bits per heavy atom. The van der Waals surface area contributed by atoms with Gasteiger partial charge in [0.2, 0.25) is 5.91 Å². The largest absolute Gasteiger partial charge is 0.368 e. The molecule has 1 heterocycles. The molecule has 0 radical (unpaired) electrons. The van der Waals surface area contributed by atoms with Gasteiger partial charge in [-0.2, -0.15) is 0 Å². The maximum Gasteiger partial charge on any atom is 0.236 e. The van der Waals surface area contributed by atoms with Gasteiger partial charge < -0.3 is 15.1 Å². The Bertz CT molecular complexity index is 399. The summed E-state index contributed by atoms with van der Waals surface area (Å²) in [6, 6.07) is 6.49. The van der Waals surface area contributed by atoms with Gasteiger partial charge >= 0.3 is 0 Å². The molecule has 1 saturated heterocycles. The van der Waals surface area contributed by atoms with E-state index in [1.54, 1.807) is 19.2 Å². The first kappa shape index (κ1) is 12.8. The van der Waals surface area contributed by atoms with Crippen LogP contribution in [0.4, 0.5) is 10.1 Å². The minimum absolute atomic E-state index is 0.135. The van der Waals surface area contributed by atoms with Gasteiger partial charge in [0, 0.05) is 31.9 Å². The summed E-state index contributed by atoms with van der Waals surface area (Å²) in [4.78, 5) is 15.7. The number of nitrogens with one attached hydrogen (secondary N) is 1. The Morgan fingerprint density at radius 3 is 2.39 bits per heavy atom. The molecule has 0 atom stereocenters. The van der Waals surface area contributed by atoms with Gasteiger partial charge in [0.25, 0.3) is 0 Å². The lowest BCUT2D eigenvalue weighted by Gasteiger charge is -2.36. The van der Waals surface area contributed by atoms with Crippen molar-refractivity contribution in [2.24, 2.45) is 0 Å². The van der Waals surface area contributed by atoms with Gasteiger partial charge in [-0.3, -0.25) is 4.79 Å². The van der Waals surface area contributed by atoms with Crippen molar-refractivity contribution in [2.75, 3.05) is 44.7 Å². The number of carbonyl (C=O) groups excluding carboxylic acids is 1. The van der Waals surface area contributed by atoms with E-state index in [1.807, 2.05) is 4.90 Å². The third-order valence-corrected chi connectivity index (χ3v) is 3.15. The lowest BCUT2D eigenvalue weighted by molar-refractivity contribution is -0.130. The summed E-state index contributed by atoms with van der Waals surface area (Å²) in [5, 5.41) is 2.87. The van der Waals surface area contributed by atoms with Crippen LogP contribution in [0.1, 0.15) is 0 Å². The molecule has 2 rings (SSSR count). The molecular weight excluding hydrogens is 233 g/mol. The first-order valence-electron chi connectivity index (χ1n) is 6.13. The molecule has 0 unspecified atom stereocenters. The van der Waals surface area contributed by atoms with Gasteiger partial charge in [-0.1, -0.05) is 0 Å². The Balaban J connectivity index is 1.90. The van der Waals surface area contributed by atoms with Gasteiger partial charge in [-0.15, -0.1) is 0 Å². The van der Waals surface area contributed by atoms with Crippen LogP contribution in [-0.4, -0.2) is 50.6 Å². The van der Waals surface area contributed by atoms with E-state index in [0.717, 1.165) is 31.9 Å². The first-order valence-corrected chi connectivity index (χ1v) is 6.13. The van der Waals surface area contributed by atoms with Crippen LogP contribution in [-0.2, 0) is 4.79 Å². The van der Waals surface area contributed by atoms with Gasteiger partial charge in [0.1, 0.15) is 5.82 Å². The zero-order valence-corrected chi connectivity index (χ0v) is 10.5.